The second kappa shape index (κ2) is 9.38. The maximum absolute atomic E-state index is 5.00. The first kappa shape index (κ1) is 22.1. The van der Waals surface area contributed by atoms with Crippen molar-refractivity contribution < 1.29 is 0 Å². The van der Waals surface area contributed by atoms with Crippen LogP contribution in [0.15, 0.2) is 140 Å². The Balaban J connectivity index is 1.41. The molecule has 0 atom stereocenters. The Hall–Kier alpha value is -5.15. The Morgan fingerprint density at radius 3 is 1.68 bits per heavy atom. The topological polar surface area (TPSA) is 38.7 Å². The Kier molecular flexibility index (Phi) is 5.45. The Bertz CT molecular complexity index is 1900. The lowest BCUT2D eigenvalue weighted by Gasteiger charge is -2.11. The molecule has 0 saturated heterocycles. The van der Waals surface area contributed by atoms with Crippen molar-refractivity contribution in [2.45, 2.75) is 0 Å². The summed E-state index contributed by atoms with van der Waals surface area (Å²) in [6.45, 7) is 0. The van der Waals surface area contributed by atoms with Gasteiger partial charge >= 0.3 is 0 Å². The van der Waals surface area contributed by atoms with Crippen LogP contribution in [0.3, 0.4) is 0 Å². The molecule has 7 aromatic rings. The molecule has 0 aliphatic rings. The van der Waals surface area contributed by atoms with E-state index in [2.05, 4.69) is 133 Å². The van der Waals surface area contributed by atoms with Gasteiger partial charge in [-0.15, -0.1) is 0 Å². The third kappa shape index (κ3) is 4.10. The summed E-state index contributed by atoms with van der Waals surface area (Å²) in [7, 11) is 0. The highest BCUT2D eigenvalue weighted by molar-refractivity contribution is 5.95. The Morgan fingerprint density at radius 2 is 0.868 bits per heavy atom. The lowest BCUT2D eigenvalue weighted by atomic mass is 10.0. The summed E-state index contributed by atoms with van der Waals surface area (Å²) in [5.74, 6) is 1.99. The van der Waals surface area contributed by atoms with Gasteiger partial charge in [-0.3, -0.25) is 0 Å². The fourth-order valence-electron chi connectivity index (χ4n) is 4.95. The van der Waals surface area contributed by atoms with Crippen LogP contribution >= 0.6 is 0 Å². The highest BCUT2D eigenvalue weighted by Gasteiger charge is 2.14. The van der Waals surface area contributed by atoms with Gasteiger partial charge in [-0.25, -0.2) is 15.0 Å². The van der Waals surface area contributed by atoms with Gasteiger partial charge in [-0.05, 0) is 38.7 Å². The molecule has 0 spiro atoms. The number of benzene rings is 6. The molecule has 0 amide bonds. The second-order valence-corrected chi connectivity index (χ2v) is 9.34. The lowest BCUT2D eigenvalue weighted by Crippen LogP contribution is -2.00. The molecule has 0 unspecified atom stereocenters. The summed E-state index contributed by atoms with van der Waals surface area (Å²) in [6, 6.07) is 48.2. The van der Waals surface area contributed by atoms with Crippen LogP contribution in [-0.2, 0) is 0 Å². The predicted octanol–water partition coefficient (Wildman–Crippen LogP) is 8.85. The Labute approximate surface area is 221 Å². The quantitative estimate of drug-likeness (QED) is 0.250. The monoisotopic (exact) mass is 485 g/mol. The van der Waals surface area contributed by atoms with Gasteiger partial charge < -0.3 is 0 Å². The van der Waals surface area contributed by atoms with E-state index in [9.17, 15) is 0 Å². The van der Waals surface area contributed by atoms with Crippen LogP contribution < -0.4 is 0 Å². The first-order valence-electron chi connectivity index (χ1n) is 12.7. The fourth-order valence-corrected chi connectivity index (χ4v) is 4.95. The lowest BCUT2D eigenvalue weighted by molar-refractivity contribution is 1.08. The van der Waals surface area contributed by atoms with Crippen molar-refractivity contribution in [1.29, 1.82) is 0 Å². The molecular weight excluding hydrogens is 462 g/mol. The average Bonchev–Trinajstić information content (AvgIpc) is 3.01. The molecule has 0 saturated carbocycles. The summed E-state index contributed by atoms with van der Waals surface area (Å²) >= 11 is 0. The normalized spacial score (nSPS) is 11.2. The minimum atomic E-state index is 0.658. The SMILES string of the molecule is c1ccc(-c2ccc(-c3nc(-c4ccc5ccccc5c4)nc(-c4cccc5ccccc45)n3)cc2)cc1. The molecule has 38 heavy (non-hydrogen) atoms. The summed E-state index contributed by atoms with van der Waals surface area (Å²) in [5, 5.41) is 4.63. The van der Waals surface area contributed by atoms with Crippen molar-refractivity contribution in [2.75, 3.05) is 0 Å². The molecule has 7 rings (SSSR count). The van der Waals surface area contributed by atoms with Gasteiger partial charge in [0.2, 0.25) is 0 Å². The third-order valence-electron chi connectivity index (χ3n) is 6.92. The maximum atomic E-state index is 5.00. The van der Waals surface area contributed by atoms with E-state index < -0.39 is 0 Å². The van der Waals surface area contributed by atoms with Crippen molar-refractivity contribution in [3.63, 3.8) is 0 Å². The van der Waals surface area contributed by atoms with Gasteiger partial charge in [0, 0.05) is 16.7 Å². The zero-order valence-electron chi connectivity index (χ0n) is 20.6. The minimum Gasteiger partial charge on any atom is -0.208 e. The summed E-state index contributed by atoms with van der Waals surface area (Å²) < 4.78 is 0. The zero-order valence-corrected chi connectivity index (χ0v) is 20.6. The first-order valence-corrected chi connectivity index (χ1v) is 12.7. The molecule has 3 heteroatoms. The van der Waals surface area contributed by atoms with Crippen molar-refractivity contribution in [3.05, 3.63) is 140 Å². The van der Waals surface area contributed by atoms with E-state index in [1.54, 1.807) is 0 Å². The van der Waals surface area contributed by atoms with Crippen LogP contribution in [0.25, 0.3) is 66.8 Å². The van der Waals surface area contributed by atoms with Crippen LogP contribution in [0, 0.1) is 0 Å². The first-order chi connectivity index (χ1) is 18.8. The van der Waals surface area contributed by atoms with Crippen molar-refractivity contribution >= 4 is 21.5 Å². The van der Waals surface area contributed by atoms with Crippen molar-refractivity contribution in [2.24, 2.45) is 0 Å². The summed E-state index contributed by atoms with van der Waals surface area (Å²) in [4.78, 5) is 15.0. The highest BCUT2D eigenvalue weighted by atomic mass is 15.0. The molecule has 1 heterocycles. The van der Waals surface area contributed by atoms with Gasteiger partial charge in [0.1, 0.15) is 0 Å². The number of hydrogen-bond acceptors (Lipinski definition) is 3. The summed E-state index contributed by atoms with van der Waals surface area (Å²) in [5.41, 5.74) is 5.26. The molecule has 0 aliphatic carbocycles. The van der Waals surface area contributed by atoms with Crippen LogP contribution in [0.1, 0.15) is 0 Å². The average molecular weight is 486 g/mol. The fraction of sp³-hybridized carbons (Fsp3) is 0. The van der Waals surface area contributed by atoms with Crippen molar-refractivity contribution in [1.82, 2.24) is 15.0 Å². The zero-order chi connectivity index (χ0) is 25.3. The van der Waals surface area contributed by atoms with E-state index in [0.717, 1.165) is 38.4 Å². The largest absolute Gasteiger partial charge is 0.208 e. The van der Waals surface area contributed by atoms with E-state index in [4.69, 9.17) is 15.0 Å². The number of fused-ring (bicyclic) bond motifs is 2. The predicted molar refractivity (Wildman–Crippen MR) is 157 cm³/mol. The molecule has 0 aliphatic heterocycles. The standard InChI is InChI=1S/C35H23N3/c1-2-9-24(10-3-1)26-17-20-28(21-18-26)33-36-34(30-22-19-25-11-4-5-13-29(25)23-30)38-35(37-33)32-16-8-14-27-12-6-7-15-31(27)32/h1-23H. The van der Waals surface area contributed by atoms with E-state index in [1.165, 1.54) is 10.9 Å². The van der Waals surface area contributed by atoms with Crippen LogP contribution in [0.2, 0.25) is 0 Å². The molecule has 6 aromatic carbocycles. The molecule has 0 bridgehead atoms. The second-order valence-electron chi connectivity index (χ2n) is 9.34. The van der Waals surface area contributed by atoms with E-state index in [-0.39, 0.29) is 0 Å². The molecule has 0 radical (unpaired) electrons. The minimum absolute atomic E-state index is 0.658. The molecule has 178 valence electrons. The Morgan fingerprint density at radius 1 is 0.316 bits per heavy atom. The number of nitrogens with zero attached hydrogens (tertiary/aromatic N) is 3. The smallest absolute Gasteiger partial charge is 0.164 e. The van der Waals surface area contributed by atoms with Crippen LogP contribution in [0.5, 0.6) is 0 Å². The third-order valence-corrected chi connectivity index (χ3v) is 6.92. The highest BCUT2D eigenvalue weighted by Crippen LogP contribution is 2.31. The van der Waals surface area contributed by atoms with Gasteiger partial charge in [0.25, 0.3) is 0 Å². The summed E-state index contributed by atoms with van der Waals surface area (Å²) in [6.07, 6.45) is 0. The van der Waals surface area contributed by atoms with E-state index >= 15 is 0 Å². The van der Waals surface area contributed by atoms with E-state index in [1.807, 2.05) is 6.07 Å². The number of aromatic nitrogens is 3. The molecule has 1 aromatic heterocycles. The van der Waals surface area contributed by atoms with Gasteiger partial charge in [-0.2, -0.15) is 0 Å². The van der Waals surface area contributed by atoms with Gasteiger partial charge in [0.05, 0.1) is 0 Å². The number of hydrogen-bond donors (Lipinski definition) is 0. The molecule has 3 nitrogen and oxygen atoms in total. The maximum Gasteiger partial charge on any atom is 0.164 e. The molecule has 0 N–H and O–H groups in total. The number of rotatable bonds is 4. The van der Waals surface area contributed by atoms with E-state index in [0.29, 0.717) is 17.5 Å². The molecular formula is C35H23N3. The van der Waals surface area contributed by atoms with Crippen molar-refractivity contribution in [3.8, 4) is 45.3 Å². The van der Waals surface area contributed by atoms with Crippen LogP contribution in [-0.4, -0.2) is 15.0 Å². The van der Waals surface area contributed by atoms with Gasteiger partial charge in [-0.1, -0.05) is 133 Å². The van der Waals surface area contributed by atoms with Crippen LogP contribution in [0.4, 0.5) is 0 Å². The molecule has 0 fully saturated rings. The van der Waals surface area contributed by atoms with Gasteiger partial charge in [0.15, 0.2) is 17.5 Å².